The van der Waals surface area contributed by atoms with Gasteiger partial charge in [-0.15, -0.1) is 0 Å². The Kier molecular flexibility index (Phi) is 9.99. The lowest BCUT2D eigenvalue weighted by Gasteiger charge is -2.45. The number of rotatable bonds is 9. The molecular formula is C34H45F3N4O4S. The molecule has 2 saturated heterocycles. The molecular weight excluding hydrogens is 617 g/mol. The van der Waals surface area contributed by atoms with Crippen molar-refractivity contribution >= 4 is 15.9 Å². The van der Waals surface area contributed by atoms with Crippen LogP contribution in [0.3, 0.4) is 0 Å². The number of alkyl halides is 3. The van der Waals surface area contributed by atoms with Gasteiger partial charge in [0.25, 0.3) is 0 Å². The van der Waals surface area contributed by atoms with Crippen molar-refractivity contribution in [3.63, 3.8) is 0 Å². The van der Waals surface area contributed by atoms with Gasteiger partial charge in [-0.1, -0.05) is 31.4 Å². The Morgan fingerprint density at radius 1 is 0.870 bits per heavy atom. The minimum absolute atomic E-state index is 0.00417. The van der Waals surface area contributed by atoms with Crippen LogP contribution < -0.4 is 10.5 Å². The first-order chi connectivity index (χ1) is 22.0. The number of nitrogens with zero attached hydrogens (tertiary/aromatic N) is 3. The van der Waals surface area contributed by atoms with Gasteiger partial charge in [0.2, 0.25) is 15.9 Å². The molecule has 2 saturated carbocycles. The number of piperidine rings is 1. The van der Waals surface area contributed by atoms with Crippen LogP contribution in [0.25, 0.3) is 0 Å². The average molecular weight is 663 g/mol. The molecule has 8 nitrogen and oxygen atoms in total. The van der Waals surface area contributed by atoms with E-state index in [9.17, 15) is 26.4 Å². The summed E-state index contributed by atoms with van der Waals surface area (Å²) < 4.78 is 75.5. The lowest BCUT2D eigenvalue weighted by atomic mass is 9.90. The van der Waals surface area contributed by atoms with Gasteiger partial charge in [-0.2, -0.15) is 17.5 Å². The average Bonchev–Trinajstić information content (AvgIpc) is 3.90. The van der Waals surface area contributed by atoms with Crippen molar-refractivity contribution in [3.05, 3.63) is 59.7 Å². The van der Waals surface area contributed by atoms with Gasteiger partial charge >= 0.3 is 6.18 Å². The fraction of sp³-hybridized carbons (Fsp3) is 0.618. The number of hydrogen-bond acceptors (Lipinski definition) is 6. The molecule has 0 radical (unpaired) electrons. The van der Waals surface area contributed by atoms with Crippen LogP contribution in [0.2, 0.25) is 0 Å². The van der Waals surface area contributed by atoms with Gasteiger partial charge in [-0.25, -0.2) is 8.42 Å². The summed E-state index contributed by atoms with van der Waals surface area (Å²) in [5.41, 5.74) is 6.15. The van der Waals surface area contributed by atoms with Crippen molar-refractivity contribution < 1.29 is 31.1 Å². The SMILES string of the molecule is NC1CCN(C(=O)C2CN(C(c3ccc(C(F)(F)F)cc3)C3CC3)CCN2S(=O)(=O)c2ccc(OCC3CCCCC3)cc2)CC1. The van der Waals surface area contributed by atoms with Crippen molar-refractivity contribution in [2.45, 2.75) is 87.0 Å². The van der Waals surface area contributed by atoms with Crippen molar-refractivity contribution in [3.8, 4) is 5.75 Å². The van der Waals surface area contributed by atoms with Crippen molar-refractivity contribution in [2.24, 2.45) is 17.6 Å². The topological polar surface area (TPSA) is 96.2 Å². The summed E-state index contributed by atoms with van der Waals surface area (Å²) in [6.07, 6.45) is 4.73. The molecule has 2 heterocycles. The molecule has 0 bridgehead atoms. The summed E-state index contributed by atoms with van der Waals surface area (Å²) >= 11 is 0. The summed E-state index contributed by atoms with van der Waals surface area (Å²) in [6, 6.07) is 10.6. The van der Waals surface area contributed by atoms with Gasteiger partial charge < -0.3 is 15.4 Å². The number of hydrogen-bond donors (Lipinski definition) is 1. The Hall–Kier alpha value is -2.67. The lowest BCUT2D eigenvalue weighted by Crippen LogP contribution is -2.62. The quantitative estimate of drug-likeness (QED) is 0.385. The second kappa shape index (κ2) is 13.8. The summed E-state index contributed by atoms with van der Waals surface area (Å²) in [5.74, 6) is 1.13. The van der Waals surface area contributed by atoms with E-state index in [1.54, 1.807) is 29.2 Å². The zero-order valence-electron chi connectivity index (χ0n) is 26.2. The Bertz CT molecular complexity index is 1440. The number of ether oxygens (including phenoxy) is 1. The highest BCUT2D eigenvalue weighted by atomic mass is 32.2. The molecule has 0 spiro atoms. The zero-order valence-corrected chi connectivity index (χ0v) is 27.0. The monoisotopic (exact) mass is 662 g/mol. The predicted octanol–water partition coefficient (Wildman–Crippen LogP) is 5.44. The molecule has 2 unspecified atom stereocenters. The Balaban J connectivity index is 1.22. The van der Waals surface area contributed by atoms with Crippen LogP contribution in [-0.4, -0.2) is 79.8 Å². The summed E-state index contributed by atoms with van der Waals surface area (Å²) in [5, 5.41) is 0. The molecule has 12 heteroatoms. The number of benzene rings is 2. The van der Waals surface area contributed by atoms with E-state index < -0.39 is 27.8 Å². The number of likely N-dealkylation sites (tertiary alicyclic amines) is 1. The number of nitrogens with two attached hydrogens (primary N) is 1. The highest BCUT2D eigenvalue weighted by molar-refractivity contribution is 7.89. The highest BCUT2D eigenvalue weighted by Crippen LogP contribution is 2.46. The maximum Gasteiger partial charge on any atom is 0.416 e. The molecule has 2 aromatic rings. The third-order valence-corrected chi connectivity index (χ3v) is 12.1. The third-order valence-electron chi connectivity index (χ3n) is 10.2. The first-order valence-corrected chi connectivity index (χ1v) is 18.1. The van der Waals surface area contributed by atoms with Crippen LogP contribution in [0.1, 0.15) is 75.0 Å². The maximum atomic E-state index is 14.1. The van der Waals surface area contributed by atoms with E-state index in [1.165, 1.54) is 35.7 Å². The number of sulfonamides is 1. The molecule has 2 aliphatic heterocycles. The molecule has 2 aliphatic carbocycles. The van der Waals surface area contributed by atoms with Crippen molar-refractivity contribution in [1.29, 1.82) is 0 Å². The van der Waals surface area contributed by atoms with Crippen LogP contribution in [0.5, 0.6) is 5.75 Å². The Morgan fingerprint density at radius 3 is 2.13 bits per heavy atom. The van der Waals surface area contributed by atoms with Gasteiger partial charge in [0.1, 0.15) is 11.8 Å². The highest BCUT2D eigenvalue weighted by Gasteiger charge is 2.46. The first-order valence-electron chi connectivity index (χ1n) is 16.7. The molecule has 4 fully saturated rings. The van der Waals surface area contributed by atoms with E-state index in [4.69, 9.17) is 10.5 Å². The van der Waals surface area contributed by atoms with E-state index in [-0.39, 0.29) is 41.9 Å². The molecule has 46 heavy (non-hydrogen) atoms. The minimum atomic E-state index is -4.43. The number of halogens is 3. The smallest absolute Gasteiger partial charge is 0.416 e. The molecule has 4 aliphatic rings. The molecule has 2 N–H and O–H groups in total. The van der Waals surface area contributed by atoms with Crippen LogP contribution in [-0.2, 0) is 21.0 Å². The van der Waals surface area contributed by atoms with Gasteiger partial charge in [0.05, 0.1) is 17.1 Å². The van der Waals surface area contributed by atoms with Gasteiger partial charge in [0, 0.05) is 44.8 Å². The first kappa shape index (κ1) is 33.2. The fourth-order valence-corrected chi connectivity index (χ4v) is 8.90. The largest absolute Gasteiger partial charge is 0.493 e. The minimum Gasteiger partial charge on any atom is -0.493 e. The molecule has 1 amide bonds. The van der Waals surface area contributed by atoms with E-state index in [0.29, 0.717) is 50.8 Å². The third kappa shape index (κ3) is 7.55. The molecule has 0 aromatic heterocycles. The van der Waals surface area contributed by atoms with Gasteiger partial charge in [-0.3, -0.25) is 9.69 Å². The number of amides is 1. The normalized spacial score (nSPS) is 23.7. The van der Waals surface area contributed by atoms with E-state index >= 15 is 0 Å². The molecule has 6 rings (SSSR count). The standard InChI is InChI=1S/C34H45F3N4O4S/c35-34(36,37)27-10-8-26(9-11-27)32(25-6-7-25)40-20-21-41(31(22-40)33(42)39-18-16-28(38)17-19-39)46(43,44)30-14-12-29(13-15-30)45-23-24-4-2-1-3-5-24/h8-15,24-25,28,31-32H,1-7,16-23,38H2. The van der Waals surface area contributed by atoms with Gasteiger partial charge in [0.15, 0.2) is 0 Å². The molecule has 2 atom stereocenters. The predicted molar refractivity (Wildman–Crippen MR) is 168 cm³/mol. The van der Waals surface area contributed by atoms with Crippen LogP contribution in [0, 0.1) is 11.8 Å². The summed E-state index contributed by atoms with van der Waals surface area (Å²) in [7, 11) is -4.04. The number of piperazine rings is 1. The second-order valence-electron chi connectivity index (χ2n) is 13.5. The van der Waals surface area contributed by atoms with E-state index in [1.807, 2.05) is 0 Å². The van der Waals surface area contributed by atoms with Crippen LogP contribution >= 0.6 is 0 Å². The Morgan fingerprint density at radius 2 is 1.52 bits per heavy atom. The Labute approximate surface area is 270 Å². The van der Waals surface area contributed by atoms with Crippen LogP contribution in [0.4, 0.5) is 13.2 Å². The molecule has 252 valence electrons. The summed E-state index contributed by atoms with van der Waals surface area (Å²) in [6.45, 7) is 2.15. The second-order valence-corrected chi connectivity index (χ2v) is 15.4. The number of carbonyl (C=O) groups is 1. The van der Waals surface area contributed by atoms with Gasteiger partial charge in [-0.05, 0) is 92.3 Å². The summed E-state index contributed by atoms with van der Waals surface area (Å²) in [4.78, 5) is 18.0. The zero-order chi connectivity index (χ0) is 32.5. The van der Waals surface area contributed by atoms with Crippen LogP contribution in [0.15, 0.2) is 53.4 Å². The van der Waals surface area contributed by atoms with Crippen molar-refractivity contribution in [1.82, 2.24) is 14.1 Å². The lowest BCUT2D eigenvalue weighted by molar-refractivity contribution is -0.139. The van der Waals surface area contributed by atoms with Crippen molar-refractivity contribution in [2.75, 3.05) is 39.3 Å². The maximum absolute atomic E-state index is 14.1. The molecule has 2 aromatic carbocycles. The number of carbonyl (C=O) groups excluding carboxylic acids is 1. The van der Waals surface area contributed by atoms with E-state index in [0.717, 1.165) is 43.4 Å². The fourth-order valence-electron chi connectivity index (χ4n) is 7.33. The van der Waals surface area contributed by atoms with E-state index in [2.05, 4.69) is 4.90 Å².